The molecule has 0 bridgehead atoms. The zero-order chi connectivity index (χ0) is 9.97. The van der Waals surface area contributed by atoms with E-state index in [4.69, 9.17) is 4.74 Å². The van der Waals surface area contributed by atoms with Crippen molar-refractivity contribution in [3.05, 3.63) is 29.8 Å². The average Bonchev–Trinajstić information content (AvgIpc) is 2.54. The molecule has 1 unspecified atom stereocenters. The van der Waals surface area contributed by atoms with E-state index in [0.717, 1.165) is 25.6 Å². The van der Waals surface area contributed by atoms with Gasteiger partial charge in [-0.2, -0.15) is 0 Å². The van der Waals surface area contributed by atoms with Gasteiger partial charge in [0.25, 0.3) is 0 Å². The summed E-state index contributed by atoms with van der Waals surface area (Å²) in [4.78, 5) is 0. The van der Waals surface area contributed by atoms with E-state index < -0.39 is 11.6 Å². The molecule has 1 aliphatic heterocycles. The van der Waals surface area contributed by atoms with Gasteiger partial charge in [0.2, 0.25) is 0 Å². The largest absolute Gasteiger partial charge is 0.489 e. The van der Waals surface area contributed by atoms with Crippen LogP contribution in [0.1, 0.15) is 6.42 Å². The van der Waals surface area contributed by atoms with Crippen LogP contribution >= 0.6 is 12.4 Å². The van der Waals surface area contributed by atoms with Crippen molar-refractivity contribution >= 4 is 12.4 Å². The second-order valence-electron chi connectivity index (χ2n) is 3.34. The first-order chi connectivity index (χ1) is 6.74. The summed E-state index contributed by atoms with van der Waals surface area (Å²) >= 11 is 0. The van der Waals surface area contributed by atoms with Crippen LogP contribution in [0.2, 0.25) is 0 Å². The zero-order valence-corrected chi connectivity index (χ0v) is 8.82. The fourth-order valence-electron chi connectivity index (χ4n) is 1.52. The quantitative estimate of drug-likeness (QED) is 0.848. The molecular weight excluding hydrogens is 224 g/mol. The Hall–Kier alpha value is -0.870. The minimum absolute atomic E-state index is 0. The molecule has 0 amide bonds. The summed E-state index contributed by atoms with van der Waals surface area (Å²) in [5, 5.41) is 3.11. The van der Waals surface area contributed by atoms with E-state index in [2.05, 4.69) is 5.32 Å². The SMILES string of the molecule is Cl.Fc1cc(F)cc(OC2CCNC2)c1. The molecule has 1 N–H and O–H groups in total. The first-order valence-electron chi connectivity index (χ1n) is 4.57. The number of nitrogens with one attached hydrogen (secondary N) is 1. The van der Waals surface area contributed by atoms with Gasteiger partial charge in [0.05, 0.1) is 0 Å². The first kappa shape index (κ1) is 12.2. The third-order valence-electron chi connectivity index (χ3n) is 2.15. The summed E-state index contributed by atoms with van der Waals surface area (Å²) in [6.45, 7) is 1.63. The number of ether oxygens (including phenoxy) is 1. The summed E-state index contributed by atoms with van der Waals surface area (Å²) in [6.07, 6.45) is 0.897. The maximum atomic E-state index is 12.8. The lowest BCUT2D eigenvalue weighted by molar-refractivity contribution is 0.221. The number of halogens is 3. The highest BCUT2D eigenvalue weighted by Gasteiger charge is 2.16. The van der Waals surface area contributed by atoms with E-state index in [9.17, 15) is 8.78 Å². The average molecular weight is 236 g/mol. The second-order valence-corrected chi connectivity index (χ2v) is 3.34. The van der Waals surface area contributed by atoms with Crippen LogP contribution in [0.15, 0.2) is 18.2 Å². The smallest absolute Gasteiger partial charge is 0.129 e. The van der Waals surface area contributed by atoms with Gasteiger partial charge in [-0.15, -0.1) is 12.4 Å². The summed E-state index contributed by atoms with van der Waals surface area (Å²) < 4.78 is 30.9. The number of hydrogen-bond donors (Lipinski definition) is 1. The Morgan fingerprint density at radius 2 is 1.87 bits per heavy atom. The predicted octanol–water partition coefficient (Wildman–Crippen LogP) is 2.13. The topological polar surface area (TPSA) is 21.3 Å². The maximum Gasteiger partial charge on any atom is 0.129 e. The minimum Gasteiger partial charge on any atom is -0.489 e. The van der Waals surface area contributed by atoms with E-state index in [1.54, 1.807) is 0 Å². The molecule has 1 saturated heterocycles. The van der Waals surface area contributed by atoms with Gasteiger partial charge >= 0.3 is 0 Å². The molecule has 0 aliphatic carbocycles. The number of rotatable bonds is 2. The van der Waals surface area contributed by atoms with Crippen LogP contribution in [0.5, 0.6) is 5.75 Å². The third kappa shape index (κ3) is 3.32. The molecule has 1 heterocycles. The van der Waals surface area contributed by atoms with Crippen LogP contribution in [0.25, 0.3) is 0 Å². The lowest BCUT2D eigenvalue weighted by Gasteiger charge is -2.12. The monoisotopic (exact) mass is 235 g/mol. The number of benzene rings is 1. The highest BCUT2D eigenvalue weighted by atomic mass is 35.5. The van der Waals surface area contributed by atoms with Crippen molar-refractivity contribution in [2.75, 3.05) is 13.1 Å². The van der Waals surface area contributed by atoms with Gasteiger partial charge < -0.3 is 10.1 Å². The lowest BCUT2D eigenvalue weighted by Crippen LogP contribution is -2.19. The first-order valence-corrected chi connectivity index (χ1v) is 4.57. The van der Waals surface area contributed by atoms with E-state index in [0.29, 0.717) is 0 Å². The van der Waals surface area contributed by atoms with Gasteiger partial charge in [-0.25, -0.2) is 8.78 Å². The molecule has 0 saturated carbocycles. The minimum atomic E-state index is -0.606. The van der Waals surface area contributed by atoms with Crippen molar-refractivity contribution in [3.8, 4) is 5.75 Å². The Morgan fingerprint density at radius 1 is 1.20 bits per heavy atom. The Labute approximate surface area is 93.0 Å². The molecule has 1 aromatic rings. The second kappa shape index (κ2) is 5.28. The van der Waals surface area contributed by atoms with Gasteiger partial charge in [-0.1, -0.05) is 0 Å². The third-order valence-corrected chi connectivity index (χ3v) is 2.15. The van der Waals surface area contributed by atoms with Crippen molar-refractivity contribution in [2.45, 2.75) is 12.5 Å². The Bertz CT molecular complexity index is 309. The van der Waals surface area contributed by atoms with Crippen molar-refractivity contribution in [1.82, 2.24) is 5.32 Å². The van der Waals surface area contributed by atoms with Crippen molar-refractivity contribution < 1.29 is 13.5 Å². The molecular formula is C10H12ClF2NO. The highest BCUT2D eigenvalue weighted by molar-refractivity contribution is 5.85. The van der Waals surface area contributed by atoms with Crippen molar-refractivity contribution in [2.24, 2.45) is 0 Å². The molecule has 2 nitrogen and oxygen atoms in total. The Morgan fingerprint density at radius 3 is 2.40 bits per heavy atom. The molecule has 0 aromatic heterocycles. The van der Waals surface area contributed by atoms with Crippen LogP contribution in [-0.4, -0.2) is 19.2 Å². The molecule has 15 heavy (non-hydrogen) atoms. The molecule has 1 aliphatic rings. The molecule has 2 rings (SSSR count). The van der Waals surface area contributed by atoms with Crippen LogP contribution in [0.3, 0.4) is 0 Å². The lowest BCUT2D eigenvalue weighted by atomic mass is 10.3. The molecule has 84 valence electrons. The van der Waals surface area contributed by atoms with E-state index in [1.165, 1.54) is 12.1 Å². The van der Waals surface area contributed by atoms with Gasteiger partial charge in [0.1, 0.15) is 23.5 Å². The van der Waals surface area contributed by atoms with Crippen LogP contribution in [0, 0.1) is 11.6 Å². The van der Waals surface area contributed by atoms with E-state index in [1.807, 2.05) is 0 Å². The summed E-state index contributed by atoms with van der Waals surface area (Å²) in [5.74, 6) is -0.951. The highest BCUT2D eigenvalue weighted by Crippen LogP contribution is 2.18. The van der Waals surface area contributed by atoms with Crippen LogP contribution < -0.4 is 10.1 Å². The van der Waals surface area contributed by atoms with Crippen molar-refractivity contribution in [1.29, 1.82) is 0 Å². The molecule has 0 spiro atoms. The van der Waals surface area contributed by atoms with Crippen molar-refractivity contribution in [3.63, 3.8) is 0 Å². The molecule has 1 fully saturated rings. The maximum absolute atomic E-state index is 12.8. The zero-order valence-electron chi connectivity index (χ0n) is 8.00. The summed E-state index contributed by atoms with van der Waals surface area (Å²) in [7, 11) is 0. The Balaban J connectivity index is 0.00000112. The van der Waals surface area contributed by atoms with Crippen LogP contribution in [0.4, 0.5) is 8.78 Å². The molecule has 0 radical (unpaired) electrons. The summed E-state index contributed by atoms with van der Waals surface area (Å²) in [5.41, 5.74) is 0. The van der Waals surface area contributed by atoms with Crippen LogP contribution in [-0.2, 0) is 0 Å². The van der Waals surface area contributed by atoms with E-state index >= 15 is 0 Å². The number of hydrogen-bond acceptors (Lipinski definition) is 2. The Kier molecular flexibility index (Phi) is 4.29. The predicted molar refractivity (Wildman–Crippen MR) is 55.5 cm³/mol. The van der Waals surface area contributed by atoms with Gasteiger partial charge in [0.15, 0.2) is 0 Å². The summed E-state index contributed by atoms with van der Waals surface area (Å²) in [6, 6.07) is 3.22. The molecule has 5 heteroatoms. The van der Waals surface area contributed by atoms with Gasteiger partial charge in [-0.3, -0.25) is 0 Å². The fraction of sp³-hybridized carbons (Fsp3) is 0.400. The standard InChI is InChI=1S/C10H11F2NO.ClH/c11-7-3-8(12)5-10(4-7)14-9-1-2-13-6-9;/h3-5,9,13H,1-2,6H2;1H. The fourth-order valence-corrected chi connectivity index (χ4v) is 1.52. The van der Waals surface area contributed by atoms with Gasteiger partial charge in [0, 0.05) is 24.7 Å². The van der Waals surface area contributed by atoms with E-state index in [-0.39, 0.29) is 24.3 Å². The molecule has 1 aromatic carbocycles. The molecule has 1 atom stereocenters. The normalized spacial score (nSPS) is 19.7. The van der Waals surface area contributed by atoms with Gasteiger partial charge in [-0.05, 0) is 13.0 Å².